The molecule has 2 atom stereocenters. The topological polar surface area (TPSA) is 32.7 Å². The zero-order valence-corrected chi connectivity index (χ0v) is 17.8. The number of hydrogen-bond acceptors (Lipinski definition) is 3. The van der Waals surface area contributed by atoms with Crippen LogP contribution in [-0.2, 0) is 15.6 Å². The molecule has 0 saturated carbocycles. The van der Waals surface area contributed by atoms with Crippen LogP contribution in [0.3, 0.4) is 0 Å². The van der Waals surface area contributed by atoms with Crippen molar-refractivity contribution in [3.05, 3.63) is 28.8 Å². The number of ether oxygens (including phenoxy) is 1. The van der Waals surface area contributed by atoms with Crippen LogP contribution in [0.4, 0.5) is 0 Å². The third-order valence-corrected chi connectivity index (χ3v) is 5.17. The highest BCUT2D eigenvalue weighted by Crippen LogP contribution is 2.40. The molecular weight excluding hydrogens is 330 g/mol. The van der Waals surface area contributed by atoms with E-state index in [4.69, 9.17) is 17.0 Å². The fourth-order valence-corrected chi connectivity index (χ4v) is 3.69. The van der Waals surface area contributed by atoms with Crippen LogP contribution in [0.5, 0.6) is 5.75 Å². The molecule has 4 heteroatoms. The van der Waals surface area contributed by atoms with E-state index in [1.165, 1.54) is 0 Å². The Morgan fingerprint density at radius 3 is 1.76 bits per heavy atom. The van der Waals surface area contributed by atoms with Gasteiger partial charge >= 0.3 is 0 Å². The van der Waals surface area contributed by atoms with Crippen molar-refractivity contribution in [1.82, 2.24) is 4.90 Å². The second-order valence-corrected chi connectivity index (χ2v) is 9.77. The fraction of sp³-hybridized carbons (Fsp3) is 0.667. The maximum Gasteiger partial charge on any atom is 0.123 e. The SMILES string of the molecule is C[C@H]1CN(C(=S)c2cc(C(C)(C)C)c(O)c(C(C)(C)C)c2)C[C@H](C)O1. The molecule has 0 radical (unpaired) electrons. The lowest BCUT2D eigenvalue weighted by Gasteiger charge is -2.37. The molecule has 2 rings (SSSR count). The van der Waals surface area contributed by atoms with Gasteiger partial charge in [-0.05, 0) is 36.8 Å². The standard InChI is InChI=1S/C21H33NO2S/c1-13-11-22(12-14(2)24-13)19(25)15-9-16(20(3,4)5)18(23)17(10-15)21(6,7)8/h9-10,13-14,23H,11-12H2,1-8H3/t13-,14-/m0/s1. The van der Waals surface area contributed by atoms with Crippen LogP contribution in [0.15, 0.2) is 12.1 Å². The highest BCUT2D eigenvalue weighted by Gasteiger charge is 2.29. The quantitative estimate of drug-likeness (QED) is 0.729. The van der Waals surface area contributed by atoms with Gasteiger partial charge in [-0.25, -0.2) is 0 Å². The van der Waals surface area contributed by atoms with E-state index in [0.29, 0.717) is 5.75 Å². The third-order valence-electron chi connectivity index (χ3n) is 4.68. The Hall–Kier alpha value is -1.13. The van der Waals surface area contributed by atoms with Crippen molar-refractivity contribution in [2.45, 2.75) is 78.4 Å². The van der Waals surface area contributed by atoms with Crippen LogP contribution in [-0.4, -0.2) is 40.3 Å². The number of aromatic hydroxyl groups is 1. The molecule has 1 aromatic carbocycles. The first-order valence-corrected chi connectivity index (χ1v) is 9.54. The summed E-state index contributed by atoms with van der Waals surface area (Å²) in [6.07, 6.45) is 0.339. The lowest BCUT2D eigenvalue weighted by molar-refractivity contribution is -0.0472. The van der Waals surface area contributed by atoms with E-state index in [-0.39, 0.29) is 23.0 Å². The van der Waals surface area contributed by atoms with Gasteiger partial charge < -0.3 is 14.7 Å². The van der Waals surface area contributed by atoms with Crippen LogP contribution in [0.2, 0.25) is 0 Å². The smallest absolute Gasteiger partial charge is 0.123 e. The van der Waals surface area contributed by atoms with Crippen molar-refractivity contribution in [2.75, 3.05) is 13.1 Å². The minimum absolute atomic E-state index is 0.151. The Balaban J connectivity index is 2.52. The molecule has 1 fully saturated rings. The largest absolute Gasteiger partial charge is 0.507 e. The van der Waals surface area contributed by atoms with E-state index in [0.717, 1.165) is 34.8 Å². The van der Waals surface area contributed by atoms with Gasteiger partial charge in [-0.1, -0.05) is 53.8 Å². The Bertz CT molecular complexity index is 610. The van der Waals surface area contributed by atoms with Crippen molar-refractivity contribution >= 4 is 17.2 Å². The average molecular weight is 364 g/mol. The second kappa shape index (κ2) is 6.88. The molecule has 1 heterocycles. The zero-order chi connectivity index (χ0) is 19.2. The van der Waals surface area contributed by atoms with Gasteiger partial charge in [0, 0.05) is 29.8 Å². The molecule has 3 nitrogen and oxygen atoms in total. The number of morpholine rings is 1. The summed E-state index contributed by atoms with van der Waals surface area (Å²) in [7, 11) is 0. The van der Waals surface area contributed by atoms with E-state index < -0.39 is 0 Å². The average Bonchev–Trinajstić information content (AvgIpc) is 2.43. The lowest BCUT2D eigenvalue weighted by Crippen LogP contribution is -2.47. The summed E-state index contributed by atoms with van der Waals surface area (Å²) in [5.74, 6) is 0.398. The second-order valence-electron chi connectivity index (χ2n) is 9.39. The molecule has 0 unspecified atom stereocenters. The number of rotatable bonds is 1. The number of benzene rings is 1. The number of phenolic OH excluding ortho intramolecular Hbond substituents is 1. The highest BCUT2D eigenvalue weighted by molar-refractivity contribution is 7.80. The van der Waals surface area contributed by atoms with Gasteiger partial charge in [0.25, 0.3) is 0 Å². The monoisotopic (exact) mass is 363 g/mol. The normalized spacial score (nSPS) is 22.2. The first-order chi connectivity index (χ1) is 11.3. The van der Waals surface area contributed by atoms with Gasteiger partial charge in [0.05, 0.1) is 12.2 Å². The molecule has 1 aromatic rings. The summed E-state index contributed by atoms with van der Waals surface area (Å²) in [6.45, 7) is 18.5. The molecule has 1 saturated heterocycles. The summed E-state index contributed by atoms with van der Waals surface area (Å²) in [5, 5.41) is 10.9. The molecule has 0 aromatic heterocycles. The van der Waals surface area contributed by atoms with Gasteiger partial charge in [0.15, 0.2) is 0 Å². The molecule has 140 valence electrons. The van der Waals surface area contributed by atoms with E-state index in [2.05, 4.69) is 72.4 Å². The van der Waals surface area contributed by atoms with Gasteiger partial charge in [-0.15, -0.1) is 0 Å². The fourth-order valence-electron chi connectivity index (χ4n) is 3.43. The van der Waals surface area contributed by atoms with Crippen LogP contribution in [0.1, 0.15) is 72.1 Å². The van der Waals surface area contributed by atoms with Crippen molar-refractivity contribution < 1.29 is 9.84 Å². The Labute approximate surface area is 158 Å². The summed E-state index contributed by atoms with van der Waals surface area (Å²) >= 11 is 5.84. The number of thiocarbonyl (C=S) groups is 1. The molecule has 1 aliphatic heterocycles. The highest BCUT2D eigenvalue weighted by atomic mass is 32.1. The van der Waals surface area contributed by atoms with E-state index >= 15 is 0 Å². The first kappa shape index (κ1) is 20.2. The van der Waals surface area contributed by atoms with Gasteiger partial charge in [0.1, 0.15) is 10.7 Å². The zero-order valence-electron chi connectivity index (χ0n) is 16.9. The number of nitrogens with zero attached hydrogens (tertiary/aromatic N) is 1. The molecule has 0 aliphatic carbocycles. The molecular formula is C21H33NO2S. The van der Waals surface area contributed by atoms with Crippen molar-refractivity contribution in [3.63, 3.8) is 0 Å². The molecule has 1 aliphatic rings. The van der Waals surface area contributed by atoms with Crippen LogP contribution >= 0.6 is 12.2 Å². The molecule has 0 spiro atoms. The van der Waals surface area contributed by atoms with Crippen LogP contribution in [0, 0.1) is 0 Å². The Morgan fingerprint density at radius 1 is 1.00 bits per heavy atom. The first-order valence-electron chi connectivity index (χ1n) is 9.13. The van der Waals surface area contributed by atoms with Crippen LogP contribution < -0.4 is 0 Å². The van der Waals surface area contributed by atoms with Crippen LogP contribution in [0.25, 0.3) is 0 Å². The Kier molecular flexibility index (Phi) is 5.56. The maximum absolute atomic E-state index is 10.9. The van der Waals surface area contributed by atoms with Gasteiger partial charge in [-0.3, -0.25) is 0 Å². The van der Waals surface area contributed by atoms with Gasteiger partial charge in [0.2, 0.25) is 0 Å². The molecule has 0 amide bonds. The minimum atomic E-state index is -0.151. The maximum atomic E-state index is 10.9. The summed E-state index contributed by atoms with van der Waals surface area (Å²) in [5.41, 5.74) is 2.62. The summed E-state index contributed by atoms with van der Waals surface area (Å²) in [6, 6.07) is 4.13. The van der Waals surface area contributed by atoms with Crippen molar-refractivity contribution in [3.8, 4) is 5.75 Å². The molecule has 1 N–H and O–H groups in total. The van der Waals surface area contributed by atoms with E-state index in [1.54, 1.807) is 0 Å². The number of phenols is 1. The molecule has 0 bridgehead atoms. The van der Waals surface area contributed by atoms with Crippen molar-refractivity contribution in [2.24, 2.45) is 0 Å². The third kappa shape index (κ3) is 4.53. The van der Waals surface area contributed by atoms with E-state index in [1.807, 2.05) is 0 Å². The minimum Gasteiger partial charge on any atom is -0.507 e. The number of hydrogen-bond donors (Lipinski definition) is 1. The lowest BCUT2D eigenvalue weighted by atomic mass is 9.78. The predicted molar refractivity (Wildman–Crippen MR) is 109 cm³/mol. The Morgan fingerprint density at radius 2 is 1.40 bits per heavy atom. The van der Waals surface area contributed by atoms with Gasteiger partial charge in [-0.2, -0.15) is 0 Å². The summed E-state index contributed by atoms with van der Waals surface area (Å²) < 4.78 is 5.84. The molecule has 25 heavy (non-hydrogen) atoms. The summed E-state index contributed by atoms with van der Waals surface area (Å²) in [4.78, 5) is 3.08. The van der Waals surface area contributed by atoms with E-state index in [9.17, 15) is 5.11 Å². The van der Waals surface area contributed by atoms with Crippen molar-refractivity contribution in [1.29, 1.82) is 0 Å². The predicted octanol–water partition coefficient (Wildman–Crippen LogP) is 4.77.